The van der Waals surface area contributed by atoms with Crippen LogP contribution in [0, 0.1) is 5.82 Å². The highest BCUT2D eigenvalue weighted by molar-refractivity contribution is 7.89. The topological polar surface area (TPSA) is 73.0 Å². The molecule has 0 spiro atoms. The number of hydrogen-bond acceptors (Lipinski definition) is 5. The first kappa shape index (κ1) is 23.1. The number of sulfonamides is 1. The molecule has 30 heavy (non-hydrogen) atoms. The third-order valence-electron chi connectivity index (χ3n) is 6.06. The van der Waals surface area contributed by atoms with Crippen molar-refractivity contribution in [2.75, 3.05) is 52.4 Å². The number of rotatable bonds is 8. The molecule has 2 fully saturated rings. The second kappa shape index (κ2) is 10.7. The molecule has 168 valence electrons. The summed E-state index contributed by atoms with van der Waals surface area (Å²) in [5.41, 5.74) is 0. The van der Waals surface area contributed by atoms with Gasteiger partial charge >= 0.3 is 0 Å². The van der Waals surface area contributed by atoms with Crippen LogP contribution in [0.5, 0.6) is 0 Å². The van der Waals surface area contributed by atoms with Gasteiger partial charge in [-0.3, -0.25) is 9.69 Å². The van der Waals surface area contributed by atoms with Gasteiger partial charge in [-0.15, -0.1) is 0 Å². The van der Waals surface area contributed by atoms with Crippen LogP contribution in [0.15, 0.2) is 29.2 Å². The van der Waals surface area contributed by atoms with Crippen LogP contribution < -0.4 is 5.32 Å². The van der Waals surface area contributed by atoms with E-state index in [1.54, 1.807) is 4.90 Å². The Morgan fingerprint density at radius 2 is 1.97 bits per heavy atom. The molecule has 0 saturated carbocycles. The number of hydrogen-bond donors (Lipinski definition) is 1. The average molecular weight is 441 g/mol. The summed E-state index contributed by atoms with van der Waals surface area (Å²) in [5, 5.41) is 3.21. The molecule has 2 aliphatic rings. The molecule has 0 aromatic heterocycles. The summed E-state index contributed by atoms with van der Waals surface area (Å²) < 4.78 is 41.5. The standard InChI is InChI=1S/C21H33FN4O3S/c1-18-5-2-3-11-24(18)15-16-26(12-8-21(27)25-13-9-23-10-14-25)30(28,29)20-7-4-6-19(22)17-20/h4,6-7,17-18,23H,2-3,5,8-16H2,1H3/t18-/m0/s1. The van der Waals surface area contributed by atoms with Crippen molar-refractivity contribution >= 4 is 15.9 Å². The molecule has 0 unspecified atom stereocenters. The number of piperazine rings is 1. The maximum absolute atomic E-state index is 13.7. The number of nitrogens with zero attached hydrogens (tertiary/aromatic N) is 3. The Hall–Kier alpha value is -1.55. The monoisotopic (exact) mass is 440 g/mol. The number of likely N-dealkylation sites (tertiary alicyclic amines) is 1. The van der Waals surface area contributed by atoms with Gasteiger partial charge in [0.2, 0.25) is 15.9 Å². The number of piperidine rings is 1. The molecule has 9 heteroatoms. The smallest absolute Gasteiger partial charge is 0.243 e. The largest absolute Gasteiger partial charge is 0.340 e. The lowest BCUT2D eigenvalue weighted by molar-refractivity contribution is -0.131. The lowest BCUT2D eigenvalue weighted by atomic mass is 10.0. The molecule has 0 radical (unpaired) electrons. The molecule has 2 saturated heterocycles. The van der Waals surface area contributed by atoms with Gasteiger partial charge in [-0.2, -0.15) is 4.31 Å². The summed E-state index contributed by atoms with van der Waals surface area (Å²) in [7, 11) is -3.88. The molecular formula is C21H33FN4O3S. The van der Waals surface area contributed by atoms with Gasteiger partial charge < -0.3 is 10.2 Å². The number of benzene rings is 1. The van der Waals surface area contributed by atoms with E-state index < -0.39 is 15.8 Å². The maximum atomic E-state index is 13.7. The van der Waals surface area contributed by atoms with Crippen molar-refractivity contribution in [1.29, 1.82) is 0 Å². The van der Waals surface area contributed by atoms with E-state index in [0.29, 0.717) is 25.7 Å². The lowest BCUT2D eigenvalue weighted by Crippen LogP contribution is -2.48. The van der Waals surface area contributed by atoms with Crippen LogP contribution in [0.4, 0.5) is 4.39 Å². The molecule has 2 heterocycles. The molecular weight excluding hydrogens is 407 g/mol. The first-order valence-electron chi connectivity index (χ1n) is 10.9. The molecule has 1 aromatic rings. The lowest BCUT2D eigenvalue weighted by Gasteiger charge is -2.35. The Morgan fingerprint density at radius 3 is 2.67 bits per heavy atom. The van der Waals surface area contributed by atoms with Crippen molar-refractivity contribution in [3.63, 3.8) is 0 Å². The van der Waals surface area contributed by atoms with Crippen LogP contribution in [0.1, 0.15) is 32.6 Å². The van der Waals surface area contributed by atoms with Gasteiger partial charge in [0, 0.05) is 58.3 Å². The Bertz CT molecular complexity index is 814. The highest BCUT2D eigenvalue weighted by Gasteiger charge is 2.28. The summed E-state index contributed by atoms with van der Waals surface area (Å²) in [6.07, 6.45) is 3.55. The molecule has 2 aliphatic heterocycles. The molecule has 7 nitrogen and oxygen atoms in total. The van der Waals surface area contributed by atoms with Gasteiger partial charge in [-0.1, -0.05) is 12.5 Å². The number of carbonyl (C=O) groups excluding carboxylic acids is 1. The number of amides is 1. The summed E-state index contributed by atoms with van der Waals surface area (Å²) in [4.78, 5) is 16.6. The fraction of sp³-hybridized carbons (Fsp3) is 0.667. The first-order chi connectivity index (χ1) is 14.4. The van der Waals surface area contributed by atoms with Gasteiger partial charge in [0.1, 0.15) is 5.82 Å². The van der Waals surface area contributed by atoms with E-state index in [1.165, 1.54) is 28.9 Å². The minimum absolute atomic E-state index is 0.0396. The van der Waals surface area contributed by atoms with Crippen molar-refractivity contribution in [3.05, 3.63) is 30.1 Å². The van der Waals surface area contributed by atoms with Crippen LogP contribution in [0.25, 0.3) is 0 Å². The predicted octanol–water partition coefficient (Wildman–Crippen LogP) is 1.51. The van der Waals surface area contributed by atoms with Crippen molar-refractivity contribution in [3.8, 4) is 0 Å². The van der Waals surface area contributed by atoms with Crippen LogP contribution >= 0.6 is 0 Å². The fourth-order valence-corrected chi connectivity index (χ4v) is 5.62. The summed E-state index contributed by atoms with van der Waals surface area (Å²) in [5.74, 6) is -0.625. The zero-order valence-electron chi connectivity index (χ0n) is 17.7. The fourth-order valence-electron chi connectivity index (χ4n) is 4.15. The minimum Gasteiger partial charge on any atom is -0.340 e. The number of carbonyl (C=O) groups is 1. The van der Waals surface area contributed by atoms with Gasteiger partial charge in [0.15, 0.2) is 0 Å². The molecule has 0 aliphatic carbocycles. The van der Waals surface area contributed by atoms with Crippen LogP contribution in [0.3, 0.4) is 0 Å². The highest BCUT2D eigenvalue weighted by atomic mass is 32.2. The van der Waals surface area contributed by atoms with Crippen LogP contribution in [-0.4, -0.2) is 86.8 Å². The van der Waals surface area contributed by atoms with Crippen LogP contribution in [-0.2, 0) is 14.8 Å². The zero-order chi connectivity index (χ0) is 21.6. The van der Waals surface area contributed by atoms with E-state index in [1.807, 2.05) is 0 Å². The summed E-state index contributed by atoms with van der Waals surface area (Å²) >= 11 is 0. The quantitative estimate of drug-likeness (QED) is 0.664. The predicted molar refractivity (Wildman–Crippen MR) is 114 cm³/mol. The molecule has 3 rings (SSSR count). The van der Waals surface area contributed by atoms with Crippen LogP contribution in [0.2, 0.25) is 0 Å². The maximum Gasteiger partial charge on any atom is 0.243 e. The second-order valence-corrected chi connectivity index (χ2v) is 10.1. The highest BCUT2D eigenvalue weighted by Crippen LogP contribution is 2.20. The second-order valence-electron chi connectivity index (χ2n) is 8.12. The number of nitrogens with one attached hydrogen (secondary N) is 1. The Kier molecular flexibility index (Phi) is 8.21. The first-order valence-corrected chi connectivity index (χ1v) is 12.3. The molecule has 1 aromatic carbocycles. The SMILES string of the molecule is C[C@H]1CCCCN1CCN(CCC(=O)N1CCNCC1)S(=O)(=O)c1cccc(F)c1. The van der Waals surface area contributed by atoms with E-state index >= 15 is 0 Å². The van der Waals surface area contributed by atoms with Crippen molar-refractivity contribution in [2.24, 2.45) is 0 Å². The number of halogens is 1. The summed E-state index contributed by atoms with van der Waals surface area (Å²) in [6.45, 7) is 6.90. The molecule has 1 atom stereocenters. The van der Waals surface area contributed by atoms with Gasteiger partial charge in [-0.25, -0.2) is 12.8 Å². The average Bonchev–Trinajstić information content (AvgIpc) is 2.75. The zero-order valence-corrected chi connectivity index (χ0v) is 18.5. The van der Waals surface area contributed by atoms with E-state index in [0.717, 1.165) is 38.5 Å². The molecule has 0 bridgehead atoms. The van der Waals surface area contributed by atoms with Crippen molar-refractivity contribution in [1.82, 2.24) is 19.4 Å². The van der Waals surface area contributed by atoms with E-state index in [4.69, 9.17) is 0 Å². The normalized spacial score (nSPS) is 21.2. The van der Waals surface area contributed by atoms with E-state index in [-0.39, 0.29) is 30.3 Å². The Morgan fingerprint density at radius 1 is 1.20 bits per heavy atom. The van der Waals surface area contributed by atoms with Gasteiger partial charge in [-0.05, 0) is 44.5 Å². The van der Waals surface area contributed by atoms with Crippen molar-refractivity contribution in [2.45, 2.75) is 43.5 Å². The third kappa shape index (κ3) is 6.00. The Balaban J connectivity index is 1.70. The van der Waals surface area contributed by atoms with Crippen molar-refractivity contribution < 1.29 is 17.6 Å². The summed E-state index contributed by atoms with van der Waals surface area (Å²) in [6, 6.07) is 5.50. The van der Waals surface area contributed by atoms with Gasteiger partial charge in [0.25, 0.3) is 0 Å². The van der Waals surface area contributed by atoms with Gasteiger partial charge in [0.05, 0.1) is 4.90 Å². The van der Waals surface area contributed by atoms with E-state index in [2.05, 4.69) is 17.1 Å². The third-order valence-corrected chi connectivity index (χ3v) is 7.95. The minimum atomic E-state index is -3.88. The molecule has 1 amide bonds. The van der Waals surface area contributed by atoms with E-state index in [9.17, 15) is 17.6 Å². The molecule has 1 N–H and O–H groups in total. The Labute approximate surface area is 179 Å².